The smallest absolute Gasteiger partial charge is 0.0888 e. The Morgan fingerprint density at radius 2 is 0.537 bits per heavy atom. The average molecular weight is 601 g/mol. The molecule has 0 amide bonds. The molecular weight excluding hydrogens is 518 g/mol. The lowest BCUT2D eigenvalue weighted by atomic mass is 9.95. The Labute approximate surface area is 269 Å². The van der Waals surface area contributed by atoms with E-state index in [1.807, 2.05) is 0 Å². The van der Waals surface area contributed by atoms with Gasteiger partial charge in [-0.1, -0.05) is 175 Å². The lowest BCUT2D eigenvalue weighted by Gasteiger charge is -2.43. The Bertz CT molecular complexity index is 450. The normalized spacial score (nSPS) is 13.0. The maximum atomic E-state index is 2.70. The third kappa shape index (κ3) is 28.8. The van der Waals surface area contributed by atoms with Gasteiger partial charge in [-0.15, -0.1) is 0 Å². The first-order valence-electron chi connectivity index (χ1n) is 19.5. The monoisotopic (exact) mass is 600 g/mol. The number of quaternary nitrogens is 1. The van der Waals surface area contributed by atoms with E-state index >= 15 is 0 Å². The van der Waals surface area contributed by atoms with Crippen LogP contribution in [0.15, 0.2) is 0 Å². The quantitative estimate of drug-likeness (QED) is 0.0509. The highest BCUT2D eigenvalue weighted by atomic mass is 35.5. The molecule has 2 heteroatoms. The molecular formula is C39H82ClN. The average Bonchev–Trinajstić information content (AvgIpc) is 2.96. The predicted molar refractivity (Wildman–Crippen MR) is 186 cm³/mol. The summed E-state index contributed by atoms with van der Waals surface area (Å²) in [5.74, 6) is 0. The summed E-state index contributed by atoms with van der Waals surface area (Å²) in [6.45, 7) is 12.2. The highest BCUT2D eigenvalue weighted by Gasteiger charge is 2.31. The summed E-state index contributed by atoms with van der Waals surface area (Å²) in [5.41, 5.74) is 0. The Kier molecular flexibility index (Phi) is 36.8. The van der Waals surface area contributed by atoms with E-state index in [0.717, 1.165) is 6.04 Å². The molecule has 0 rings (SSSR count). The van der Waals surface area contributed by atoms with E-state index in [1.54, 1.807) is 0 Å². The van der Waals surface area contributed by atoms with Gasteiger partial charge in [-0.2, -0.15) is 0 Å². The summed E-state index contributed by atoms with van der Waals surface area (Å²) in [4.78, 5) is 0. The van der Waals surface area contributed by atoms with Gasteiger partial charge in [0.25, 0.3) is 0 Å². The number of halogens is 1. The standard InChI is InChI=1S/C39H82N.ClH/c1-6-10-14-18-22-23-24-25-26-30-34-38-40(5,37-33-29-21-17-13-9-4)39(35-31-27-19-15-11-7-2)36-32-28-20-16-12-8-3;/h39H,6-38H2,1-5H3;1H/q+1;/p-1. The highest BCUT2D eigenvalue weighted by molar-refractivity contribution is 4.64. The second-order valence-corrected chi connectivity index (χ2v) is 14.0. The van der Waals surface area contributed by atoms with E-state index in [1.165, 1.54) is 217 Å². The molecule has 1 unspecified atom stereocenters. The molecule has 0 fully saturated rings. The van der Waals surface area contributed by atoms with Crippen LogP contribution in [0.3, 0.4) is 0 Å². The lowest BCUT2D eigenvalue weighted by molar-refractivity contribution is -0.934. The highest BCUT2D eigenvalue weighted by Crippen LogP contribution is 2.26. The van der Waals surface area contributed by atoms with Gasteiger partial charge in [0.05, 0.1) is 26.2 Å². The van der Waals surface area contributed by atoms with E-state index in [-0.39, 0.29) is 12.4 Å². The predicted octanol–water partition coefficient (Wildman–Crippen LogP) is 11.0. The van der Waals surface area contributed by atoms with Crippen LogP contribution in [-0.4, -0.2) is 30.7 Å². The van der Waals surface area contributed by atoms with Crippen molar-refractivity contribution in [3.05, 3.63) is 0 Å². The molecule has 0 N–H and O–H groups in total. The topological polar surface area (TPSA) is 0 Å². The summed E-state index contributed by atoms with van der Waals surface area (Å²) >= 11 is 0. The molecule has 0 aromatic rings. The molecule has 0 bridgehead atoms. The van der Waals surface area contributed by atoms with Gasteiger partial charge in [0.1, 0.15) is 0 Å². The van der Waals surface area contributed by atoms with Gasteiger partial charge in [-0.25, -0.2) is 0 Å². The van der Waals surface area contributed by atoms with Crippen molar-refractivity contribution in [1.29, 1.82) is 0 Å². The van der Waals surface area contributed by atoms with Crippen molar-refractivity contribution in [2.45, 2.75) is 233 Å². The van der Waals surface area contributed by atoms with E-state index in [0.29, 0.717) is 0 Å². The Hall–Kier alpha value is 0.250. The van der Waals surface area contributed by atoms with Crippen molar-refractivity contribution in [2.75, 3.05) is 20.1 Å². The molecule has 0 saturated carbocycles. The zero-order chi connectivity index (χ0) is 29.4. The van der Waals surface area contributed by atoms with Crippen molar-refractivity contribution in [2.24, 2.45) is 0 Å². The van der Waals surface area contributed by atoms with Crippen LogP contribution in [0.25, 0.3) is 0 Å². The minimum Gasteiger partial charge on any atom is -1.00 e. The van der Waals surface area contributed by atoms with Crippen LogP contribution in [0.4, 0.5) is 0 Å². The Balaban J connectivity index is 0. The van der Waals surface area contributed by atoms with Crippen molar-refractivity contribution in [3.8, 4) is 0 Å². The van der Waals surface area contributed by atoms with Gasteiger partial charge in [-0.05, 0) is 51.4 Å². The number of rotatable bonds is 34. The minimum absolute atomic E-state index is 0. The maximum absolute atomic E-state index is 2.70. The van der Waals surface area contributed by atoms with Crippen molar-refractivity contribution in [3.63, 3.8) is 0 Å². The minimum atomic E-state index is 0. The zero-order valence-corrected chi connectivity index (χ0v) is 30.5. The third-order valence-corrected chi connectivity index (χ3v) is 9.96. The number of hydrogen-bond acceptors (Lipinski definition) is 0. The molecule has 0 saturated heterocycles. The molecule has 0 heterocycles. The first-order chi connectivity index (χ1) is 19.6. The molecule has 0 spiro atoms. The van der Waals surface area contributed by atoms with Crippen molar-refractivity contribution in [1.82, 2.24) is 0 Å². The maximum Gasteiger partial charge on any atom is 0.0888 e. The van der Waals surface area contributed by atoms with Crippen LogP contribution in [0, 0.1) is 0 Å². The van der Waals surface area contributed by atoms with Crippen LogP contribution >= 0.6 is 0 Å². The molecule has 250 valence electrons. The third-order valence-electron chi connectivity index (χ3n) is 9.96. The summed E-state index contributed by atoms with van der Waals surface area (Å²) < 4.78 is 1.40. The van der Waals surface area contributed by atoms with Gasteiger partial charge in [0, 0.05) is 0 Å². The van der Waals surface area contributed by atoms with Crippen LogP contribution in [0.5, 0.6) is 0 Å². The zero-order valence-electron chi connectivity index (χ0n) is 29.7. The summed E-state index contributed by atoms with van der Waals surface area (Å²) in [6, 6.07) is 0.913. The Morgan fingerprint density at radius 3 is 0.805 bits per heavy atom. The summed E-state index contributed by atoms with van der Waals surface area (Å²) in [7, 11) is 2.70. The molecule has 1 atom stereocenters. The van der Waals surface area contributed by atoms with Gasteiger partial charge in [0.2, 0.25) is 0 Å². The fraction of sp³-hybridized carbons (Fsp3) is 1.00. The van der Waals surface area contributed by atoms with E-state index in [2.05, 4.69) is 34.7 Å². The van der Waals surface area contributed by atoms with Crippen molar-refractivity contribution < 1.29 is 16.9 Å². The molecule has 0 aliphatic carbocycles. The van der Waals surface area contributed by atoms with Gasteiger partial charge < -0.3 is 16.9 Å². The second kappa shape index (κ2) is 34.7. The first-order valence-corrected chi connectivity index (χ1v) is 19.5. The molecule has 0 aromatic carbocycles. The molecule has 41 heavy (non-hydrogen) atoms. The fourth-order valence-electron chi connectivity index (χ4n) is 6.96. The fourth-order valence-corrected chi connectivity index (χ4v) is 6.96. The molecule has 1 nitrogen and oxygen atoms in total. The lowest BCUT2D eigenvalue weighted by Crippen LogP contribution is -3.00. The largest absolute Gasteiger partial charge is 1.00 e. The van der Waals surface area contributed by atoms with Crippen LogP contribution < -0.4 is 12.4 Å². The number of hydrogen-bond donors (Lipinski definition) is 0. The molecule has 0 aliphatic heterocycles. The second-order valence-electron chi connectivity index (χ2n) is 14.0. The molecule has 0 radical (unpaired) electrons. The molecule has 0 aromatic heterocycles. The van der Waals surface area contributed by atoms with Crippen molar-refractivity contribution >= 4 is 0 Å². The summed E-state index contributed by atoms with van der Waals surface area (Å²) in [6.07, 6.45) is 45.1. The SMILES string of the molecule is CCCCCCCCCCCCC[N+](C)(CCCCCCCC)C(CCCCCCCC)CCCCCCCC.[Cl-]. The van der Waals surface area contributed by atoms with Crippen LogP contribution in [0.2, 0.25) is 0 Å². The van der Waals surface area contributed by atoms with Crippen LogP contribution in [-0.2, 0) is 0 Å². The first kappa shape index (κ1) is 43.4. The van der Waals surface area contributed by atoms with E-state index in [4.69, 9.17) is 0 Å². The summed E-state index contributed by atoms with van der Waals surface area (Å²) in [5, 5.41) is 0. The molecule has 0 aliphatic rings. The van der Waals surface area contributed by atoms with Gasteiger partial charge in [-0.3, -0.25) is 0 Å². The van der Waals surface area contributed by atoms with E-state index in [9.17, 15) is 0 Å². The Morgan fingerprint density at radius 1 is 0.317 bits per heavy atom. The van der Waals surface area contributed by atoms with Gasteiger partial charge in [0.15, 0.2) is 0 Å². The van der Waals surface area contributed by atoms with Crippen LogP contribution in [0.1, 0.15) is 227 Å². The van der Waals surface area contributed by atoms with E-state index < -0.39 is 0 Å². The van der Waals surface area contributed by atoms with Gasteiger partial charge >= 0.3 is 0 Å². The number of unbranched alkanes of at least 4 members (excludes halogenated alkanes) is 25. The number of nitrogens with zero attached hydrogens (tertiary/aromatic N) is 1.